The summed E-state index contributed by atoms with van der Waals surface area (Å²) in [5.74, 6) is 0.564. The molecule has 0 saturated carbocycles. The van der Waals surface area contributed by atoms with E-state index < -0.39 is 6.29 Å². The molecule has 2 aromatic carbocycles. The predicted octanol–water partition coefficient (Wildman–Crippen LogP) is 4.04. The Labute approximate surface area is 190 Å². The van der Waals surface area contributed by atoms with E-state index >= 15 is 0 Å². The normalized spacial score (nSPS) is 19.3. The highest BCUT2D eigenvalue weighted by Crippen LogP contribution is 2.27. The minimum Gasteiger partial charge on any atom is -0.379 e. The molecule has 0 aromatic heterocycles. The molecule has 6 nitrogen and oxygen atoms in total. The Bertz CT molecular complexity index is 1070. The minimum atomic E-state index is -0.461. The highest BCUT2D eigenvalue weighted by atomic mass is 16.2. The first kappa shape index (κ1) is 21.8. The van der Waals surface area contributed by atoms with Crippen LogP contribution in [-0.4, -0.2) is 29.6 Å². The van der Waals surface area contributed by atoms with E-state index in [1.54, 1.807) is 6.08 Å². The molecule has 2 atom stereocenters. The molecule has 2 heterocycles. The Kier molecular flexibility index (Phi) is 5.87. The third-order valence-electron chi connectivity index (χ3n) is 6.42. The molecule has 166 valence electrons. The molecule has 3 N–H and O–H groups in total. The van der Waals surface area contributed by atoms with Crippen LogP contribution in [0, 0.1) is 13.8 Å². The van der Waals surface area contributed by atoms with Crippen LogP contribution < -0.4 is 16.1 Å². The molecule has 0 aliphatic carbocycles. The van der Waals surface area contributed by atoms with E-state index in [1.165, 1.54) is 21.7 Å². The Morgan fingerprint density at radius 1 is 1.19 bits per heavy atom. The van der Waals surface area contributed by atoms with Gasteiger partial charge in [-0.15, -0.1) is 0 Å². The van der Waals surface area contributed by atoms with Gasteiger partial charge in [-0.3, -0.25) is 10.2 Å². The molecule has 0 spiro atoms. The van der Waals surface area contributed by atoms with Crippen molar-refractivity contribution in [1.29, 1.82) is 0 Å². The predicted molar refractivity (Wildman–Crippen MR) is 130 cm³/mol. The standard InChI is InChI=1S/C26H31N5O/c1-6-18-14-21(13-8-17(18)3)27-16-22-15-23(32)31-25(28-22)29-24(30-31)19-9-11-20(12-10-19)26(4,5)7-2/h8-15,25,27H,4,6-7,16H2,1-3,5H3,(H-,28,29,30,32)/p+1. The van der Waals surface area contributed by atoms with Gasteiger partial charge in [-0.25, -0.2) is 10.0 Å². The van der Waals surface area contributed by atoms with Crippen LogP contribution in [0.2, 0.25) is 0 Å². The summed E-state index contributed by atoms with van der Waals surface area (Å²) >= 11 is 0. The molecule has 6 heteroatoms. The number of carbonyl (C=O) groups is 1. The minimum absolute atomic E-state index is 0.111. The fourth-order valence-electron chi connectivity index (χ4n) is 3.92. The molecular weight excluding hydrogens is 398 g/mol. The second-order valence-corrected chi connectivity index (χ2v) is 8.83. The van der Waals surface area contributed by atoms with Gasteiger partial charge < -0.3 is 10.6 Å². The SMILES string of the molecule is [CH2+]C(C)(CC)c1ccc(C2=NC3NC(CNc4ccc(C)c(CC)c4)=CC(=O)N3N2)cc1. The van der Waals surface area contributed by atoms with Crippen molar-refractivity contribution in [2.24, 2.45) is 4.99 Å². The Balaban J connectivity index is 1.43. The second kappa shape index (κ2) is 8.61. The van der Waals surface area contributed by atoms with Crippen LogP contribution >= 0.6 is 0 Å². The van der Waals surface area contributed by atoms with E-state index in [2.05, 4.69) is 81.0 Å². The number of nitrogens with one attached hydrogen (secondary N) is 3. The van der Waals surface area contributed by atoms with Crippen LogP contribution in [-0.2, 0) is 16.6 Å². The van der Waals surface area contributed by atoms with E-state index in [4.69, 9.17) is 4.99 Å². The summed E-state index contributed by atoms with van der Waals surface area (Å²) in [6, 6.07) is 14.6. The number of hydrazine groups is 1. The molecule has 4 rings (SSSR count). The molecule has 0 saturated heterocycles. The third kappa shape index (κ3) is 4.31. The number of nitrogens with zero attached hydrogens (tertiary/aromatic N) is 2. The van der Waals surface area contributed by atoms with E-state index in [9.17, 15) is 4.79 Å². The maximum atomic E-state index is 12.7. The molecule has 2 aliphatic rings. The number of benzene rings is 2. The first-order chi connectivity index (χ1) is 15.3. The third-order valence-corrected chi connectivity index (χ3v) is 6.42. The molecule has 2 aromatic rings. The highest BCUT2D eigenvalue weighted by Gasteiger charge is 2.34. The quantitative estimate of drug-likeness (QED) is 0.580. The highest BCUT2D eigenvalue weighted by molar-refractivity contribution is 6.02. The van der Waals surface area contributed by atoms with Crippen molar-refractivity contribution in [3.8, 4) is 0 Å². The first-order valence-corrected chi connectivity index (χ1v) is 11.2. The number of rotatable bonds is 7. The number of hydrogen-bond acceptors (Lipinski definition) is 5. The number of amides is 1. The lowest BCUT2D eigenvalue weighted by Crippen LogP contribution is -2.53. The smallest absolute Gasteiger partial charge is 0.270 e. The van der Waals surface area contributed by atoms with Crippen molar-refractivity contribution >= 4 is 17.4 Å². The monoisotopic (exact) mass is 430 g/mol. The Morgan fingerprint density at radius 2 is 1.94 bits per heavy atom. The summed E-state index contributed by atoms with van der Waals surface area (Å²) in [4.78, 5) is 17.4. The lowest BCUT2D eigenvalue weighted by Gasteiger charge is -2.29. The van der Waals surface area contributed by atoms with Gasteiger partial charge in [-0.05, 0) is 49.9 Å². The van der Waals surface area contributed by atoms with Gasteiger partial charge in [0, 0.05) is 28.6 Å². The van der Waals surface area contributed by atoms with Gasteiger partial charge >= 0.3 is 0 Å². The molecule has 1 amide bonds. The molecule has 32 heavy (non-hydrogen) atoms. The van der Waals surface area contributed by atoms with Crippen molar-refractivity contribution in [3.63, 3.8) is 0 Å². The summed E-state index contributed by atoms with van der Waals surface area (Å²) in [5, 5.41) is 8.27. The number of fused-ring (bicyclic) bond motifs is 1. The number of amidine groups is 1. The number of aryl methyl sites for hydroxylation is 2. The van der Waals surface area contributed by atoms with Crippen LogP contribution in [0.15, 0.2) is 59.2 Å². The zero-order valence-electron chi connectivity index (χ0n) is 19.3. The van der Waals surface area contributed by atoms with Gasteiger partial charge in [0.05, 0.1) is 13.5 Å². The second-order valence-electron chi connectivity index (χ2n) is 8.83. The summed E-state index contributed by atoms with van der Waals surface area (Å²) < 4.78 is 0. The average molecular weight is 431 g/mol. The van der Waals surface area contributed by atoms with Crippen molar-refractivity contribution in [2.75, 3.05) is 11.9 Å². The zero-order valence-corrected chi connectivity index (χ0v) is 19.3. The van der Waals surface area contributed by atoms with Gasteiger partial charge in [0.25, 0.3) is 5.91 Å². The molecule has 2 aliphatic heterocycles. The zero-order chi connectivity index (χ0) is 22.9. The summed E-state index contributed by atoms with van der Waals surface area (Å²) in [6.07, 6.45) is 3.11. The maximum Gasteiger partial charge on any atom is 0.270 e. The van der Waals surface area contributed by atoms with Crippen LogP contribution in [0.1, 0.15) is 49.4 Å². The Morgan fingerprint density at radius 3 is 2.62 bits per heavy atom. The van der Waals surface area contributed by atoms with Gasteiger partial charge in [0.15, 0.2) is 5.84 Å². The van der Waals surface area contributed by atoms with Crippen LogP contribution in [0.3, 0.4) is 0 Å². The molecular formula is C26H32N5O+. The number of hydrogen-bond donors (Lipinski definition) is 3. The topological polar surface area (TPSA) is 68.8 Å². The van der Waals surface area contributed by atoms with Gasteiger partial charge in [0.1, 0.15) is 5.41 Å². The first-order valence-electron chi connectivity index (χ1n) is 11.2. The summed E-state index contributed by atoms with van der Waals surface area (Å²) in [7, 11) is 0. The van der Waals surface area contributed by atoms with Crippen molar-refractivity contribution in [3.05, 3.63) is 83.4 Å². The van der Waals surface area contributed by atoms with E-state index in [0.717, 1.165) is 29.8 Å². The molecule has 0 bridgehead atoms. The molecule has 0 fully saturated rings. The van der Waals surface area contributed by atoms with Crippen molar-refractivity contribution in [2.45, 2.75) is 52.2 Å². The Hall–Kier alpha value is -3.41. The van der Waals surface area contributed by atoms with Crippen molar-refractivity contribution in [1.82, 2.24) is 15.8 Å². The largest absolute Gasteiger partial charge is 0.379 e. The van der Waals surface area contributed by atoms with Crippen molar-refractivity contribution < 1.29 is 4.79 Å². The molecule has 0 radical (unpaired) electrons. The maximum absolute atomic E-state index is 12.7. The van der Waals surface area contributed by atoms with Gasteiger partial charge in [0.2, 0.25) is 6.29 Å². The fourth-order valence-corrected chi connectivity index (χ4v) is 3.92. The van der Waals surface area contributed by atoms with Gasteiger partial charge in [-0.2, -0.15) is 0 Å². The summed E-state index contributed by atoms with van der Waals surface area (Å²) in [5.41, 5.74) is 9.62. The van der Waals surface area contributed by atoms with E-state index in [1.807, 2.05) is 12.1 Å². The van der Waals surface area contributed by atoms with Crippen LogP contribution in [0.25, 0.3) is 0 Å². The fraction of sp³-hybridized carbons (Fsp3) is 0.346. The van der Waals surface area contributed by atoms with E-state index in [0.29, 0.717) is 12.4 Å². The lowest BCUT2D eigenvalue weighted by molar-refractivity contribution is -0.130. The average Bonchev–Trinajstić information content (AvgIpc) is 3.23. The number of carbonyl (C=O) groups excluding carboxylic acids is 1. The molecule has 2 unspecified atom stereocenters. The number of aliphatic imine (C=N–C) groups is 1. The lowest BCUT2D eigenvalue weighted by atomic mass is 9.82. The van der Waals surface area contributed by atoms with Crippen LogP contribution in [0.4, 0.5) is 5.69 Å². The van der Waals surface area contributed by atoms with E-state index in [-0.39, 0.29) is 11.3 Å². The van der Waals surface area contributed by atoms with Gasteiger partial charge in [-0.1, -0.05) is 44.2 Å². The number of anilines is 1. The van der Waals surface area contributed by atoms with Crippen LogP contribution in [0.5, 0.6) is 0 Å². The summed E-state index contributed by atoms with van der Waals surface area (Å²) in [6.45, 7) is 13.4.